The molecular formula is C19H26N4O2. The van der Waals surface area contributed by atoms with Gasteiger partial charge in [-0.25, -0.2) is 0 Å². The summed E-state index contributed by atoms with van der Waals surface area (Å²) in [5, 5.41) is 1.03. The lowest BCUT2D eigenvalue weighted by atomic mass is 10.0. The molecule has 3 rings (SSSR count). The van der Waals surface area contributed by atoms with Crippen molar-refractivity contribution in [2.24, 2.45) is 11.7 Å². The Hall–Kier alpha value is -2.34. The summed E-state index contributed by atoms with van der Waals surface area (Å²) >= 11 is 0. The SMILES string of the molecule is CC(C)C[C@H](N)C(=O)N1CCN(C(=O)c2cc3ccccc3[nH]2)CC1. The second-order valence-electron chi connectivity index (χ2n) is 7.12. The first-order chi connectivity index (χ1) is 12.0. The van der Waals surface area contributed by atoms with Gasteiger partial charge in [0.2, 0.25) is 5.91 Å². The van der Waals surface area contributed by atoms with Gasteiger partial charge in [0, 0.05) is 37.1 Å². The first-order valence-electron chi connectivity index (χ1n) is 8.87. The second-order valence-corrected chi connectivity index (χ2v) is 7.12. The van der Waals surface area contributed by atoms with Crippen LogP contribution >= 0.6 is 0 Å². The number of aromatic nitrogens is 1. The van der Waals surface area contributed by atoms with Crippen LogP contribution in [0.15, 0.2) is 30.3 Å². The van der Waals surface area contributed by atoms with Crippen molar-refractivity contribution in [2.45, 2.75) is 26.3 Å². The Morgan fingerprint density at radius 1 is 1.12 bits per heavy atom. The van der Waals surface area contributed by atoms with Gasteiger partial charge in [-0.15, -0.1) is 0 Å². The molecule has 1 aliphatic heterocycles. The normalized spacial score (nSPS) is 16.5. The molecule has 2 heterocycles. The molecule has 1 aromatic heterocycles. The van der Waals surface area contributed by atoms with Gasteiger partial charge in [0.05, 0.1) is 6.04 Å². The highest BCUT2D eigenvalue weighted by atomic mass is 16.2. The summed E-state index contributed by atoms with van der Waals surface area (Å²) in [6, 6.07) is 9.27. The van der Waals surface area contributed by atoms with Gasteiger partial charge in [0.15, 0.2) is 0 Å². The van der Waals surface area contributed by atoms with E-state index in [9.17, 15) is 9.59 Å². The third-order valence-electron chi connectivity index (χ3n) is 4.68. The molecule has 1 atom stereocenters. The summed E-state index contributed by atoms with van der Waals surface area (Å²) in [6.07, 6.45) is 0.688. The molecule has 1 aromatic carbocycles. The van der Waals surface area contributed by atoms with Crippen LogP contribution < -0.4 is 5.73 Å². The maximum atomic E-state index is 12.7. The molecule has 0 radical (unpaired) electrons. The topological polar surface area (TPSA) is 82.4 Å². The van der Waals surface area contributed by atoms with Gasteiger partial charge in [0.25, 0.3) is 5.91 Å². The van der Waals surface area contributed by atoms with Crippen LogP contribution in [0.4, 0.5) is 0 Å². The van der Waals surface area contributed by atoms with Gasteiger partial charge < -0.3 is 20.5 Å². The van der Waals surface area contributed by atoms with Crippen LogP contribution in [0.2, 0.25) is 0 Å². The minimum Gasteiger partial charge on any atom is -0.351 e. The molecule has 2 aromatic rings. The van der Waals surface area contributed by atoms with Crippen molar-refractivity contribution in [3.8, 4) is 0 Å². The Labute approximate surface area is 148 Å². The minimum atomic E-state index is -0.448. The maximum Gasteiger partial charge on any atom is 0.270 e. The quantitative estimate of drug-likeness (QED) is 0.889. The average molecular weight is 342 g/mol. The molecule has 134 valence electrons. The lowest BCUT2D eigenvalue weighted by molar-refractivity contribution is -0.134. The Morgan fingerprint density at radius 3 is 2.40 bits per heavy atom. The standard InChI is InChI=1S/C19H26N4O2/c1-13(2)11-15(20)18(24)22-7-9-23(10-8-22)19(25)17-12-14-5-3-4-6-16(14)21-17/h3-6,12-13,15,21H,7-11,20H2,1-2H3/t15-/m0/s1. The lowest BCUT2D eigenvalue weighted by Crippen LogP contribution is -2.54. The van der Waals surface area contributed by atoms with Gasteiger partial charge in [-0.2, -0.15) is 0 Å². The van der Waals surface area contributed by atoms with Crippen LogP contribution in [0.25, 0.3) is 10.9 Å². The van der Waals surface area contributed by atoms with E-state index in [1.807, 2.05) is 30.3 Å². The van der Waals surface area contributed by atoms with Crippen molar-refractivity contribution >= 4 is 22.7 Å². The molecule has 0 spiro atoms. The van der Waals surface area contributed by atoms with E-state index in [2.05, 4.69) is 18.8 Å². The summed E-state index contributed by atoms with van der Waals surface area (Å²) < 4.78 is 0. The van der Waals surface area contributed by atoms with E-state index in [-0.39, 0.29) is 11.8 Å². The number of piperazine rings is 1. The van der Waals surface area contributed by atoms with Gasteiger partial charge in [-0.1, -0.05) is 32.0 Å². The minimum absolute atomic E-state index is 0.00795. The molecule has 3 N–H and O–H groups in total. The first-order valence-corrected chi connectivity index (χ1v) is 8.87. The number of rotatable bonds is 4. The number of nitrogens with zero attached hydrogens (tertiary/aromatic N) is 2. The summed E-state index contributed by atoms with van der Waals surface area (Å²) in [7, 11) is 0. The zero-order valence-corrected chi connectivity index (χ0v) is 14.9. The van der Waals surface area contributed by atoms with Crippen molar-refractivity contribution in [3.05, 3.63) is 36.0 Å². The third-order valence-corrected chi connectivity index (χ3v) is 4.68. The largest absolute Gasteiger partial charge is 0.351 e. The second kappa shape index (κ2) is 7.27. The monoisotopic (exact) mass is 342 g/mol. The van der Waals surface area contributed by atoms with Crippen molar-refractivity contribution in [1.82, 2.24) is 14.8 Å². The molecule has 0 unspecified atom stereocenters. The van der Waals surface area contributed by atoms with Crippen LogP contribution in [-0.2, 0) is 4.79 Å². The number of para-hydroxylation sites is 1. The summed E-state index contributed by atoms with van der Waals surface area (Å²) in [6.45, 7) is 6.27. The number of hydrogen-bond donors (Lipinski definition) is 2. The van der Waals surface area contributed by atoms with Crippen molar-refractivity contribution < 1.29 is 9.59 Å². The van der Waals surface area contributed by atoms with Crippen molar-refractivity contribution in [1.29, 1.82) is 0 Å². The number of H-pyrrole nitrogens is 1. The number of benzene rings is 1. The highest BCUT2D eigenvalue weighted by molar-refractivity contribution is 5.98. The highest BCUT2D eigenvalue weighted by Crippen LogP contribution is 2.17. The zero-order chi connectivity index (χ0) is 18.0. The van der Waals surface area contributed by atoms with E-state index >= 15 is 0 Å². The highest BCUT2D eigenvalue weighted by Gasteiger charge is 2.28. The molecule has 6 heteroatoms. The van der Waals surface area contributed by atoms with E-state index in [0.717, 1.165) is 10.9 Å². The van der Waals surface area contributed by atoms with E-state index < -0.39 is 6.04 Å². The van der Waals surface area contributed by atoms with Crippen LogP contribution in [-0.4, -0.2) is 58.8 Å². The Bertz CT molecular complexity index is 727. The van der Waals surface area contributed by atoms with Gasteiger partial charge in [-0.3, -0.25) is 9.59 Å². The molecule has 25 heavy (non-hydrogen) atoms. The Balaban J connectivity index is 1.60. The molecule has 1 aliphatic rings. The average Bonchev–Trinajstić information content (AvgIpc) is 3.04. The lowest BCUT2D eigenvalue weighted by Gasteiger charge is -2.36. The predicted molar refractivity (Wildman–Crippen MR) is 98.2 cm³/mol. The Morgan fingerprint density at radius 2 is 1.76 bits per heavy atom. The fraction of sp³-hybridized carbons (Fsp3) is 0.474. The van der Waals surface area contributed by atoms with Gasteiger partial charge >= 0.3 is 0 Å². The number of carbonyl (C=O) groups excluding carboxylic acids is 2. The third kappa shape index (κ3) is 3.85. The smallest absolute Gasteiger partial charge is 0.270 e. The first kappa shape index (κ1) is 17.5. The molecular weight excluding hydrogens is 316 g/mol. The summed E-state index contributed by atoms with van der Waals surface area (Å²) in [5.41, 5.74) is 7.55. The molecule has 0 saturated carbocycles. The van der Waals surface area contributed by atoms with Gasteiger partial charge in [0.1, 0.15) is 5.69 Å². The molecule has 1 saturated heterocycles. The Kier molecular flexibility index (Phi) is 5.08. The van der Waals surface area contributed by atoms with Crippen molar-refractivity contribution in [2.75, 3.05) is 26.2 Å². The van der Waals surface area contributed by atoms with E-state index in [1.54, 1.807) is 9.80 Å². The van der Waals surface area contributed by atoms with E-state index in [4.69, 9.17) is 5.73 Å². The van der Waals surface area contributed by atoms with Crippen LogP contribution in [0.1, 0.15) is 30.8 Å². The van der Waals surface area contributed by atoms with E-state index in [0.29, 0.717) is 44.2 Å². The van der Waals surface area contributed by atoms with Crippen LogP contribution in [0.5, 0.6) is 0 Å². The summed E-state index contributed by atoms with van der Waals surface area (Å²) in [5.74, 6) is 0.366. The molecule has 6 nitrogen and oxygen atoms in total. The number of hydrogen-bond acceptors (Lipinski definition) is 3. The number of carbonyl (C=O) groups is 2. The predicted octanol–water partition coefficient (Wildman–Crippen LogP) is 1.83. The number of aromatic amines is 1. The number of fused-ring (bicyclic) bond motifs is 1. The summed E-state index contributed by atoms with van der Waals surface area (Å²) in [4.78, 5) is 31.8. The van der Waals surface area contributed by atoms with Crippen LogP contribution in [0, 0.1) is 5.92 Å². The molecule has 0 aliphatic carbocycles. The number of amides is 2. The maximum absolute atomic E-state index is 12.7. The molecule has 2 amide bonds. The molecule has 0 bridgehead atoms. The number of nitrogens with one attached hydrogen (secondary N) is 1. The zero-order valence-electron chi connectivity index (χ0n) is 14.9. The fourth-order valence-corrected chi connectivity index (χ4v) is 3.33. The molecule has 1 fully saturated rings. The fourth-order valence-electron chi connectivity index (χ4n) is 3.33. The van der Waals surface area contributed by atoms with E-state index in [1.165, 1.54) is 0 Å². The number of nitrogens with two attached hydrogens (primary N) is 1. The van der Waals surface area contributed by atoms with Gasteiger partial charge in [-0.05, 0) is 24.5 Å². The van der Waals surface area contributed by atoms with Crippen LogP contribution in [0.3, 0.4) is 0 Å². The van der Waals surface area contributed by atoms with Crippen molar-refractivity contribution in [3.63, 3.8) is 0 Å².